The van der Waals surface area contributed by atoms with Crippen LogP contribution in [0.3, 0.4) is 0 Å². The van der Waals surface area contributed by atoms with Crippen LogP contribution in [0.2, 0.25) is 0 Å². The third-order valence-electron chi connectivity index (χ3n) is 2.12. The third kappa shape index (κ3) is 3.20. The smallest absolute Gasteiger partial charge is 0.243 e. The van der Waals surface area contributed by atoms with Gasteiger partial charge < -0.3 is 9.47 Å². The van der Waals surface area contributed by atoms with E-state index in [1.807, 2.05) is 0 Å². The van der Waals surface area contributed by atoms with Crippen LogP contribution < -0.4 is 9.47 Å². The van der Waals surface area contributed by atoms with E-state index in [1.165, 1.54) is 27.2 Å². The van der Waals surface area contributed by atoms with Crippen molar-refractivity contribution in [2.24, 2.45) is 0 Å². The summed E-state index contributed by atoms with van der Waals surface area (Å²) in [5, 5.41) is 10.5. The molecule has 0 radical (unpaired) electrons. The van der Waals surface area contributed by atoms with Crippen LogP contribution in [0.4, 0.5) is 0 Å². The van der Waals surface area contributed by atoms with Crippen LogP contribution in [0.1, 0.15) is 12.5 Å². The average Bonchev–Trinajstić information content (AvgIpc) is 2.27. The number of rotatable bonds is 4. The molecule has 0 aliphatic heterocycles. The highest BCUT2D eigenvalue weighted by atomic mass is 79.9. The minimum atomic E-state index is -0.440. The fraction of sp³-hybridized carbons (Fsp3) is 0.273. The molecule has 1 rings (SSSR count). The third-order valence-corrected chi connectivity index (χ3v) is 2.71. The van der Waals surface area contributed by atoms with Crippen molar-refractivity contribution in [2.75, 3.05) is 14.2 Å². The van der Waals surface area contributed by atoms with Gasteiger partial charge in [-0.3, -0.25) is 10.1 Å². The normalized spacial score (nSPS) is 11.2. The van der Waals surface area contributed by atoms with Crippen molar-refractivity contribution < 1.29 is 14.4 Å². The van der Waals surface area contributed by atoms with Crippen LogP contribution in [0.25, 0.3) is 6.08 Å². The standard InChI is InChI=1S/C11H12BrNO4/c1-7(13(14)15)4-8-5-9(12)11(17-3)10(6-8)16-2/h4-6H,1-3H3. The van der Waals surface area contributed by atoms with Crippen molar-refractivity contribution in [2.45, 2.75) is 6.92 Å². The maximum Gasteiger partial charge on any atom is 0.243 e. The van der Waals surface area contributed by atoms with Gasteiger partial charge in [-0.2, -0.15) is 0 Å². The monoisotopic (exact) mass is 301 g/mol. The van der Waals surface area contributed by atoms with E-state index in [-0.39, 0.29) is 5.70 Å². The van der Waals surface area contributed by atoms with Gasteiger partial charge in [0.25, 0.3) is 0 Å². The number of halogens is 1. The second-order valence-corrected chi connectivity index (χ2v) is 4.14. The number of allylic oxidation sites excluding steroid dienone is 1. The molecular weight excluding hydrogens is 290 g/mol. The Bertz CT molecular complexity index is 471. The van der Waals surface area contributed by atoms with Crippen LogP contribution in [0.5, 0.6) is 11.5 Å². The summed E-state index contributed by atoms with van der Waals surface area (Å²) in [5.41, 5.74) is 0.729. The molecule has 0 fully saturated rings. The van der Waals surface area contributed by atoms with Gasteiger partial charge in [-0.15, -0.1) is 0 Å². The molecule has 0 heterocycles. The predicted molar refractivity (Wildman–Crippen MR) is 67.9 cm³/mol. The molecule has 0 atom stereocenters. The number of nitrogens with zero attached hydrogens (tertiary/aromatic N) is 1. The van der Waals surface area contributed by atoms with Gasteiger partial charge >= 0.3 is 0 Å². The summed E-state index contributed by atoms with van der Waals surface area (Å²) in [6, 6.07) is 3.41. The number of methoxy groups -OCH3 is 2. The molecule has 0 saturated carbocycles. The molecule has 0 unspecified atom stereocenters. The van der Waals surface area contributed by atoms with Crippen molar-refractivity contribution >= 4 is 22.0 Å². The topological polar surface area (TPSA) is 61.6 Å². The van der Waals surface area contributed by atoms with Crippen molar-refractivity contribution in [3.63, 3.8) is 0 Å². The Kier molecular flexibility index (Phi) is 4.51. The lowest BCUT2D eigenvalue weighted by molar-refractivity contribution is -0.422. The van der Waals surface area contributed by atoms with Gasteiger partial charge in [0.2, 0.25) is 5.70 Å². The molecule has 0 bridgehead atoms. The van der Waals surface area contributed by atoms with Gasteiger partial charge in [0.1, 0.15) is 0 Å². The zero-order chi connectivity index (χ0) is 13.0. The number of hydrogen-bond donors (Lipinski definition) is 0. The zero-order valence-electron chi connectivity index (χ0n) is 9.69. The number of hydrogen-bond acceptors (Lipinski definition) is 4. The Balaban J connectivity index is 3.25. The lowest BCUT2D eigenvalue weighted by atomic mass is 10.1. The molecule has 0 spiro atoms. The largest absolute Gasteiger partial charge is 0.493 e. The molecule has 0 aliphatic rings. The Morgan fingerprint density at radius 2 is 2.06 bits per heavy atom. The maximum atomic E-state index is 10.5. The Morgan fingerprint density at radius 3 is 2.53 bits per heavy atom. The van der Waals surface area contributed by atoms with Crippen molar-refractivity contribution in [1.29, 1.82) is 0 Å². The average molecular weight is 302 g/mol. The molecule has 6 heteroatoms. The summed E-state index contributed by atoms with van der Waals surface area (Å²) in [7, 11) is 3.04. The highest BCUT2D eigenvalue weighted by Crippen LogP contribution is 2.36. The lowest BCUT2D eigenvalue weighted by Crippen LogP contribution is -1.95. The molecule has 0 aromatic heterocycles. The van der Waals surface area contributed by atoms with Crippen LogP contribution in [-0.4, -0.2) is 19.1 Å². The van der Waals surface area contributed by atoms with Crippen LogP contribution >= 0.6 is 15.9 Å². The lowest BCUT2D eigenvalue weighted by Gasteiger charge is -2.10. The second kappa shape index (κ2) is 5.67. The van der Waals surface area contributed by atoms with Gasteiger partial charge in [0.05, 0.1) is 23.6 Å². The van der Waals surface area contributed by atoms with Crippen LogP contribution in [-0.2, 0) is 0 Å². The maximum absolute atomic E-state index is 10.5. The molecule has 92 valence electrons. The predicted octanol–water partition coefficient (Wildman–Crippen LogP) is 3.10. The van der Waals surface area contributed by atoms with E-state index in [4.69, 9.17) is 9.47 Å². The van der Waals surface area contributed by atoms with E-state index in [0.29, 0.717) is 21.5 Å². The van der Waals surface area contributed by atoms with Crippen molar-refractivity contribution in [3.8, 4) is 11.5 Å². The summed E-state index contributed by atoms with van der Waals surface area (Å²) >= 11 is 3.32. The van der Waals surface area contributed by atoms with Crippen molar-refractivity contribution in [3.05, 3.63) is 38.0 Å². The van der Waals surface area contributed by atoms with E-state index >= 15 is 0 Å². The molecule has 17 heavy (non-hydrogen) atoms. The fourth-order valence-corrected chi connectivity index (χ4v) is 1.94. The highest BCUT2D eigenvalue weighted by molar-refractivity contribution is 9.10. The summed E-state index contributed by atoms with van der Waals surface area (Å²) in [6.07, 6.45) is 1.46. The first-order chi connectivity index (χ1) is 7.99. The molecule has 0 aliphatic carbocycles. The van der Waals surface area contributed by atoms with Gasteiger partial charge in [0, 0.05) is 13.0 Å². The Morgan fingerprint density at radius 1 is 1.41 bits per heavy atom. The number of ether oxygens (including phenoxy) is 2. The molecule has 1 aromatic rings. The Hall–Kier alpha value is -1.56. The van der Waals surface area contributed by atoms with Gasteiger partial charge in [-0.05, 0) is 33.6 Å². The molecular formula is C11H12BrNO4. The molecule has 5 nitrogen and oxygen atoms in total. The highest BCUT2D eigenvalue weighted by Gasteiger charge is 2.11. The first kappa shape index (κ1) is 13.5. The van der Waals surface area contributed by atoms with Gasteiger partial charge in [-0.1, -0.05) is 0 Å². The summed E-state index contributed by atoms with van der Waals surface area (Å²) in [6.45, 7) is 1.44. The minimum absolute atomic E-state index is 0.0594. The van der Waals surface area contributed by atoms with E-state index in [1.54, 1.807) is 12.1 Å². The first-order valence-electron chi connectivity index (χ1n) is 4.73. The fourth-order valence-electron chi connectivity index (χ4n) is 1.32. The van der Waals surface area contributed by atoms with E-state index < -0.39 is 4.92 Å². The molecule has 0 saturated heterocycles. The molecule has 0 amide bonds. The number of nitro groups is 1. The van der Waals surface area contributed by atoms with Crippen molar-refractivity contribution in [1.82, 2.24) is 0 Å². The van der Waals surface area contributed by atoms with E-state index in [2.05, 4.69) is 15.9 Å². The van der Waals surface area contributed by atoms with Gasteiger partial charge in [-0.25, -0.2) is 0 Å². The quantitative estimate of drug-likeness (QED) is 0.633. The minimum Gasteiger partial charge on any atom is -0.493 e. The molecule has 0 N–H and O–H groups in total. The second-order valence-electron chi connectivity index (χ2n) is 3.28. The molecule has 1 aromatic carbocycles. The number of benzene rings is 1. The summed E-state index contributed by atoms with van der Waals surface area (Å²) in [5.74, 6) is 1.08. The van der Waals surface area contributed by atoms with E-state index in [0.717, 1.165) is 0 Å². The van der Waals surface area contributed by atoms with Gasteiger partial charge in [0.15, 0.2) is 11.5 Å². The zero-order valence-corrected chi connectivity index (χ0v) is 11.3. The first-order valence-corrected chi connectivity index (χ1v) is 5.53. The summed E-state index contributed by atoms with van der Waals surface area (Å²) < 4.78 is 11.0. The van der Waals surface area contributed by atoms with E-state index in [9.17, 15) is 10.1 Å². The Labute approximate surface area is 107 Å². The SMILES string of the molecule is COc1cc(C=C(C)[N+](=O)[O-])cc(Br)c1OC. The van der Waals surface area contributed by atoms with Crippen LogP contribution in [0.15, 0.2) is 22.3 Å². The summed E-state index contributed by atoms with van der Waals surface area (Å²) in [4.78, 5) is 10.1. The van der Waals surface area contributed by atoms with Crippen LogP contribution in [0, 0.1) is 10.1 Å².